The average molecular weight is 450 g/mol. The van der Waals surface area contributed by atoms with Crippen LogP contribution in [0.5, 0.6) is 34.5 Å². The molecule has 0 fully saturated rings. The molecule has 1 aliphatic rings. The minimum Gasteiger partial charge on any atom is -0.508 e. The Labute approximate surface area is 189 Å². The normalized spacial score (nSPS) is 17.0. The molecule has 0 aliphatic carbocycles. The highest BCUT2D eigenvalue weighted by Crippen LogP contribution is 2.41. The molecule has 33 heavy (non-hydrogen) atoms. The smallest absolute Gasteiger partial charge is 0.338 e. The summed E-state index contributed by atoms with van der Waals surface area (Å²) in [7, 11) is 0. The van der Waals surface area contributed by atoms with Gasteiger partial charge in [-0.2, -0.15) is 0 Å². The van der Waals surface area contributed by atoms with E-state index in [4.69, 9.17) is 9.47 Å². The lowest BCUT2D eigenvalue weighted by atomic mass is 9.93. The first-order valence-corrected chi connectivity index (χ1v) is 10.1. The van der Waals surface area contributed by atoms with Crippen LogP contribution in [0.4, 0.5) is 0 Å². The van der Waals surface area contributed by atoms with Crippen molar-refractivity contribution in [1.29, 1.82) is 0 Å². The zero-order chi connectivity index (χ0) is 23.7. The van der Waals surface area contributed by atoms with Gasteiger partial charge in [-0.1, -0.05) is 24.3 Å². The van der Waals surface area contributed by atoms with E-state index in [0.717, 1.165) is 17.7 Å². The van der Waals surface area contributed by atoms with E-state index in [1.54, 1.807) is 18.2 Å². The lowest BCUT2D eigenvalue weighted by Gasteiger charge is -2.33. The third-order valence-corrected chi connectivity index (χ3v) is 5.45. The summed E-state index contributed by atoms with van der Waals surface area (Å²) in [6.45, 7) is 3.61. The van der Waals surface area contributed by atoms with Gasteiger partial charge in [-0.3, -0.25) is 0 Å². The average Bonchev–Trinajstić information content (AvgIpc) is 2.78. The van der Waals surface area contributed by atoms with Gasteiger partial charge in [0.1, 0.15) is 23.4 Å². The lowest BCUT2D eigenvalue weighted by molar-refractivity contribution is -0.0183. The van der Waals surface area contributed by atoms with E-state index in [0.29, 0.717) is 16.9 Å². The van der Waals surface area contributed by atoms with Crippen molar-refractivity contribution in [2.24, 2.45) is 0 Å². The Kier molecular flexibility index (Phi) is 5.74. The summed E-state index contributed by atoms with van der Waals surface area (Å²) in [6, 6.07) is 12.0. The molecule has 0 radical (unpaired) electrons. The molecular weight excluding hydrogens is 428 g/mol. The number of benzene rings is 3. The van der Waals surface area contributed by atoms with Gasteiger partial charge in [0, 0.05) is 17.5 Å². The van der Waals surface area contributed by atoms with Crippen molar-refractivity contribution in [3.63, 3.8) is 0 Å². The van der Waals surface area contributed by atoms with Crippen molar-refractivity contribution in [3.05, 3.63) is 83.4 Å². The number of hydrogen-bond donors (Lipinski definition) is 5. The minimum atomic E-state index is -0.866. The highest BCUT2D eigenvalue weighted by molar-refractivity contribution is 5.91. The fourth-order valence-corrected chi connectivity index (χ4v) is 3.82. The van der Waals surface area contributed by atoms with Crippen LogP contribution >= 0.6 is 0 Å². The van der Waals surface area contributed by atoms with Crippen LogP contribution in [0.25, 0.3) is 0 Å². The molecule has 8 heteroatoms. The first-order valence-electron chi connectivity index (χ1n) is 10.1. The summed E-state index contributed by atoms with van der Waals surface area (Å²) in [4.78, 5) is 12.8. The molecule has 0 spiro atoms. The van der Waals surface area contributed by atoms with Gasteiger partial charge in [0.05, 0.1) is 5.56 Å². The van der Waals surface area contributed by atoms with E-state index in [1.165, 1.54) is 12.1 Å². The lowest BCUT2D eigenvalue weighted by Crippen LogP contribution is -2.34. The Hall–Kier alpha value is -4.33. The number of esters is 1. The number of phenolic OH excluding ortho intramolecular Hbond substituents is 5. The van der Waals surface area contributed by atoms with E-state index in [2.05, 4.69) is 6.58 Å². The molecule has 3 aromatic carbocycles. The van der Waals surface area contributed by atoms with Gasteiger partial charge in [-0.25, -0.2) is 4.79 Å². The molecule has 2 atom stereocenters. The van der Waals surface area contributed by atoms with Crippen LogP contribution in [0.1, 0.15) is 33.2 Å². The molecular formula is C25H22O8. The number of para-hydroxylation sites is 1. The van der Waals surface area contributed by atoms with E-state index >= 15 is 0 Å². The molecule has 8 nitrogen and oxygen atoms in total. The molecule has 170 valence electrons. The van der Waals surface area contributed by atoms with E-state index in [9.17, 15) is 30.3 Å². The molecule has 0 amide bonds. The van der Waals surface area contributed by atoms with Crippen LogP contribution in [0.3, 0.4) is 0 Å². The first kappa shape index (κ1) is 21.9. The van der Waals surface area contributed by atoms with Crippen LogP contribution < -0.4 is 4.74 Å². The van der Waals surface area contributed by atoms with Crippen molar-refractivity contribution in [2.75, 3.05) is 0 Å². The summed E-state index contributed by atoms with van der Waals surface area (Å²) < 4.78 is 11.7. The highest BCUT2D eigenvalue weighted by Gasteiger charge is 2.35. The van der Waals surface area contributed by atoms with Crippen LogP contribution in [0.15, 0.2) is 61.2 Å². The molecule has 3 aromatic rings. The molecule has 1 aliphatic heterocycles. The molecule has 0 bridgehead atoms. The molecule has 0 saturated heterocycles. The summed E-state index contributed by atoms with van der Waals surface area (Å²) >= 11 is 0. The number of allylic oxidation sites excluding steroid dienone is 1. The summed E-state index contributed by atoms with van der Waals surface area (Å²) in [6.07, 6.45) is 0.360. The van der Waals surface area contributed by atoms with Gasteiger partial charge >= 0.3 is 5.97 Å². The zero-order valence-electron chi connectivity index (χ0n) is 17.4. The molecule has 1 heterocycles. The Morgan fingerprint density at radius 2 is 1.64 bits per heavy atom. The second-order valence-electron chi connectivity index (χ2n) is 7.69. The molecule has 0 saturated carbocycles. The number of carbonyl (C=O) groups is 1. The molecule has 0 aromatic heterocycles. The van der Waals surface area contributed by atoms with Crippen LogP contribution in [-0.4, -0.2) is 37.6 Å². The minimum absolute atomic E-state index is 0.147. The summed E-state index contributed by atoms with van der Waals surface area (Å²) in [5.74, 6) is -2.67. The molecule has 5 N–H and O–H groups in total. The van der Waals surface area contributed by atoms with Gasteiger partial charge in [0.25, 0.3) is 0 Å². The van der Waals surface area contributed by atoms with Crippen molar-refractivity contribution in [2.45, 2.75) is 25.0 Å². The van der Waals surface area contributed by atoms with Gasteiger partial charge < -0.3 is 35.0 Å². The number of aromatic hydroxyl groups is 5. The fraction of sp³-hybridized carbons (Fsp3) is 0.160. The summed E-state index contributed by atoms with van der Waals surface area (Å²) in [5, 5.41) is 49.8. The highest BCUT2D eigenvalue weighted by atomic mass is 16.6. The van der Waals surface area contributed by atoms with Gasteiger partial charge in [0.2, 0.25) is 0 Å². The Bertz CT molecular complexity index is 1190. The maximum atomic E-state index is 12.8. The van der Waals surface area contributed by atoms with Crippen molar-refractivity contribution in [1.82, 2.24) is 0 Å². The number of rotatable bonds is 5. The van der Waals surface area contributed by atoms with Crippen LogP contribution in [0.2, 0.25) is 0 Å². The largest absolute Gasteiger partial charge is 0.508 e. The van der Waals surface area contributed by atoms with Crippen molar-refractivity contribution >= 4 is 5.97 Å². The number of hydrogen-bond acceptors (Lipinski definition) is 8. The monoisotopic (exact) mass is 450 g/mol. The van der Waals surface area contributed by atoms with Crippen LogP contribution in [0, 0.1) is 0 Å². The third kappa shape index (κ3) is 4.23. The first-order chi connectivity index (χ1) is 15.8. The van der Waals surface area contributed by atoms with E-state index < -0.39 is 35.4 Å². The number of phenols is 5. The molecule has 4 rings (SSSR count). The topological polar surface area (TPSA) is 137 Å². The second-order valence-corrected chi connectivity index (χ2v) is 7.69. The second kappa shape index (κ2) is 8.66. The predicted octanol–water partition coefficient (Wildman–Crippen LogP) is 3.84. The van der Waals surface area contributed by atoms with Crippen molar-refractivity contribution in [3.8, 4) is 34.5 Å². The Morgan fingerprint density at radius 1 is 1.00 bits per heavy atom. The van der Waals surface area contributed by atoms with Gasteiger partial charge in [-0.15, -0.1) is 6.58 Å². The van der Waals surface area contributed by atoms with Crippen molar-refractivity contribution < 1.29 is 39.8 Å². The number of carbonyl (C=O) groups excluding carboxylic acids is 1. The van der Waals surface area contributed by atoms with E-state index in [-0.39, 0.29) is 29.9 Å². The van der Waals surface area contributed by atoms with Gasteiger partial charge in [-0.05, 0) is 42.3 Å². The fourth-order valence-electron chi connectivity index (χ4n) is 3.82. The summed E-state index contributed by atoms with van der Waals surface area (Å²) in [5.41, 5.74) is 1.32. The predicted molar refractivity (Wildman–Crippen MR) is 118 cm³/mol. The Morgan fingerprint density at radius 3 is 2.27 bits per heavy atom. The van der Waals surface area contributed by atoms with E-state index in [1.807, 2.05) is 12.1 Å². The third-order valence-electron chi connectivity index (χ3n) is 5.45. The van der Waals surface area contributed by atoms with Crippen LogP contribution in [-0.2, 0) is 17.6 Å². The molecule has 0 unspecified atom stereocenters. The standard InChI is InChI=1S/C25H22O8/c1-2-5-16-17(26)8-14(9-18(16)27)24-22(12-13-6-3-4-7-21(13)32-24)33-25(31)15-10-19(28)23(30)20(29)11-15/h2-4,6-11,22,24,26-30H,1,5,12H2/t22-,24-/m1/s1. The Balaban J connectivity index is 1.70. The number of ether oxygens (including phenoxy) is 2. The number of fused-ring (bicyclic) bond motifs is 1. The zero-order valence-corrected chi connectivity index (χ0v) is 17.4. The van der Waals surface area contributed by atoms with Gasteiger partial charge in [0.15, 0.2) is 23.4 Å². The quantitative estimate of drug-likeness (QED) is 0.225. The maximum Gasteiger partial charge on any atom is 0.338 e. The SMILES string of the molecule is C=CCc1c(O)cc([C@H]2Oc3ccccc3C[C@H]2OC(=O)c2cc(O)c(O)c(O)c2)cc1O. The maximum absolute atomic E-state index is 12.8.